The predicted octanol–water partition coefficient (Wildman–Crippen LogP) is 4.09. The zero-order valence-electron chi connectivity index (χ0n) is 16.2. The first-order valence-corrected chi connectivity index (χ1v) is 10.2. The van der Waals surface area contributed by atoms with Gasteiger partial charge in [0.25, 0.3) is 5.91 Å². The highest BCUT2D eigenvalue weighted by Crippen LogP contribution is 2.23. The van der Waals surface area contributed by atoms with Crippen LogP contribution < -0.4 is 10.2 Å². The van der Waals surface area contributed by atoms with E-state index in [4.69, 9.17) is 0 Å². The SMILES string of the molecule is CC(C)(C)CC(=O)N1CCN(c2ccc(NC(=O)c3cccs3)cc2)CC1. The Bertz CT molecular complexity index is 771. The summed E-state index contributed by atoms with van der Waals surface area (Å²) in [5, 5.41) is 4.81. The molecule has 0 atom stereocenters. The van der Waals surface area contributed by atoms with Gasteiger partial charge < -0.3 is 15.1 Å². The van der Waals surface area contributed by atoms with Gasteiger partial charge in [-0.2, -0.15) is 0 Å². The Morgan fingerprint density at radius 2 is 1.70 bits per heavy atom. The number of carbonyl (C=O) groups is 2. The summed E-state index contributed by atoms with van der Waals surface area (Å²) in [4.78, 5) is 29.4. The van der Waals surface area contributed by atoms with Crippen molar-refractivity contribution in [2.24, 2.45) is 5.41 Å². The lowest BCUT2D eigenvalue weighted by Gasteiger charge is -2.37. The smallest absolute Gasteiger partial charge is 0.265 e. The molecule has 2 aromatic rings. The molecule has 1 aromatic heterocycles. The molecule has 0 spiro atoms. The molecule has 144 valence electrons. The number of amides is 2. The van der Waals surface area contributed by atoms with Crippen LogP contribution in [0.25, 0.3) is 0 Å². The maximum atomic E-state index is 12.4. The van der Waals surface area contributed by atoms with Crippen LogP contribution >= 0.6 is 11.3 Å². The van der Waals surface area contributed by atoms with E-state index in [1.807, 2.05) is 46.7 Å². The molecule has 0 saturated carbocycles. The number of carbonyl (C=O) groups excluding carboxylic acids is 2. The number of hydrogen-bond acceptors (Lipinski definition) is 4. The highest BCUT2D eigenvalue weighted by atomic mass is 32.1. The third-order valence-corrected chi connectivity index (χ3v) is 5.42. The molecule has 1 aliphatic rings. The molecular weight excluding hydrogens is 358 g/mol. The topological polar surface area (TPSA) is 52.7 Å². The number of rotatable bonds is 4. The fourth-order valence-electron chi connectivity index (χ4n) is 3.14. The molecular formula is C21H27N3O2S. The third kappa shape index (κ3) is 5.32. The van der Waals surface area contributed by atoms with Crippen molar-refractivity contribution >= 4 is 34.5 Å². The maximum Gasteiger partial charge on any atom is 0.265 e. The van der Waals surface area contributed by atoms with Gasteiger partial charge in [0.15, 0.2) is 0 Å². The Hall–Kier alpha value is -2.34. The number of thiophene rings is 1. The minimum absolute atomic E-state index is 0.0254. The second-order valence-electron chi connectivity index (χ2n) is 8.08. The van der Waals surface area contributed by atoms with E-state index in [2.05, 4.69) is 31.0 Å². The van der Waals surface area contributed by atoms with Crippen molar-refractivity contribution in [1.82, 2.24) is 4.90 Å². The van der Waals surface area contributed by atoms with Gasteiger partial charge in [-0.25, -0.2) is 0 Å². The van der Waals surface area contributed by atoms with E-state index in [0.29, 0.717) is 11.3 Å². The van der Waals surface area contributed by atoms with E-state index in [1.165, 1.54) is 11.3 Å². The fraction of sp³-hybridized carbons (Fsp3) is 0.429. The Labute approximate surface area is 165 Å². The van der Waals surface area contributed by atoms with Crippen LogP contribution in [0.3, 0.4) is 0 Å². The van der Waals surface area contributed by atoms with Crippen LogP contribution in [0, 0.1) is 5.41 Å². The second-order valence-corrected chi connectivity index (χ2v) is 9.03. The van der Waals surface area contributed by atoms with Crippen molar-refractivity contribution < 1.29 is 9.59 Å². The number of nitrogens with zero attached hydrogens (tertiary/aromatic N) is 2. The highest BCUT2D eigenvalue weighted by Gasteiger charge is 2.24. The quantitative estimate of drug-likeness (QED) is 0.863. The van der Waals surface area contributed by atoms with Crippen LogP contribution in [0.4, 0.5) is 11.4 Å². The lowest BCUT2D eigenvalue weighted by atomic mass is 9.91. The first-order valence-electron chi connectivity index (χ1n) is 9.29. The largest absolute Gasteiger partial charge is 0.368 e. The first kappa shape index (κ1) is 19.4. The average molecular weight is 386 g/mol. The van der Waals surface area contributed by atoms with Gasteiger partial charge in [-0.05, 0) is 41.1 Å². The van der Waals surface area contributed by atoms with E-state index in [1.54, 1.807) is 0 Å². The molecule has 2 amide bonds. The van der Waals surface area contributed by atoms with Crippen LogP contribution in [-0.4, -0.2) is 42.9 Å². The van der Waals surface area contributed by atoms with E-state index in [0.717, 1.165) is 37.6 Å². The Balaban J connectivity index is 1.53. The molecule has 5 nitrogen and oxygen atoms in total. The summed E-state index contributed by atoms with van der Waals surface area (Å²) >= 11 is 1.43. The molecule has 1 fully saturated rings. The Morgan fingerprint density at radius 3 is 2.26 bits per heavy atom. The summed E-state index contributed by atoms with van der Waals surface area (Å²) in [5.41, 5.74) is 1.93. The molecule has 0 bridgehead atoms. The Kier molecular flexibility index (Phi) is 5.85. The summed E-state index contributed by atoms with van der Waals surface area (Å²) in [6.07, 6.45) is 0.589. The van der Waals surface area contributed by atoms with Gasteiger partial charge in [0.1, 0.15) is 0 Å². The summed E-state index contributed by atoms with van der Waals surface area (Å²) in [6.45, 7) is 9.46. The van der Waals surface area contributed by atoms with E-state index < -0.39 is 0 Å². The molecule has 1 aliphatic heterocycles. The minimum Gasteiger partial charge on any atom is -0.368 e. The van der Waals surface area contributed by atoms with Gasteiger partial charge in [0, 0.05) is 44.0 Å². The Morgan fingerprint density at radius 1 is 1.04 bits per heavy atom. The second kappa shape index (κ2) is 8.13. The molecule has 1 saturated heterocycles. The number of piperazine rings is 1. The van der Waals surface area contributed by atoms with Crippen molar-refractivity contribution in [2.45, 2.75) is 27.2 Å². The standard InChI is InChI=1S/C21H27N3O2S/c1-21(2,3)15-19(25)24-12-10-23(11-13-24)17-8-6-16(7-9-17)22-20(26)18-5-4-14-27-18/h4-9,14H,10-13,15H2,1-3H3,(H,22,26). The van der Waals surface area contributed by atoms with Crippen molar-refractivity contribution in [1.29, 1.82) is 0 Å². The molecule has 27 heavy (non-hydrogen) atoms. The van der Waals surface area contributed by atoms with Crippen molar-refractivity contribution in [3.05, 3.63) is 46.7 Å². The third-order valence-electron chi connectivity index (χ3n) is 4.55. The summed E-state index contributed by atoms with van der Waals surface area (Å²) in [6, 6.07) is 11.6. The van der Waals surface area contributed by atoms with Gasteiger partial charge in [-0.15, -0.1) is 11.3 Å². The van der Waals surface area contributed by atoms with Crippen LogP contribution in [0.5, 0.6) is 0 Å². The lowest BCUT2D eigenvalue weighted by molar-refractivity contribution is -0.133. The van der Waals surface area contributed by atoms with Crippen LogP contribution in [0.1, 0.15) is 36.9 Å². The minimum atomic E-state index is -0.0799. The van der Waals surface area contributed by atoms with Gasteiger partial charge in [0.2, 0.25) is 5.91 Å². The highest BCUT2D eigenvalue weighted by molar-refractivity contribution is 7.12. The zero-order valence-corrected chi connectivity index (χ0v) is 17.0. The molecule has 0 unspecified atom stereocenters. The predicted molar refractivity (Wildman–Crippen MR) is 112 cm³/mol. The van der Waals surface area contributed by atoms with Crippen molar-refractivity contribution in [2.75, 3.05) is 36.4 Å². The average Bonchev–Trinajstić information content (AvgIpc) is 3.16. The van der Waals surface area contributed by atoms with Gasteiger partial charge in [0.05, 0.1) is 4.88 Å². The molecule has 1 aromatic carbocycles. The summed E-state index contributed by atoms with van der Waals surface area (Å²) < 4.78 is 0. The summed E-state index contributed by atoms with van der Waals surface area (Å²) in [5.74, 6) is 0.164. The van der Waals surface area contributed by atoms with E-state index in [-0.39, 0.29) is 17.2 Å². The lowest BCUT2D eigenvalue weighted by Crippen LogP contribution is -2.49. The monoisotopic (exact) mass is 385 g/mol. The number of nitrogens with one attached hydrogen (secondary N) is 1. The van der Waals surface area contributed by atoms with Crippen molar-refractivity contribution in [3.63, 3.8) is 0 Å². The maximum absolute atomic E-state index is 12.4. The number of benzene rings is 1. The van der Waals surface area contributed by atoms with Crippen LogP contribution in [-0.2, 0) is 4.79 Å². The fourth-order valence-corrected chi connectivity index (χ4v) is 3.75. The van der Waals surface area contributed by atoms with Gasteiger partial charge in [-0.1, -0.05) is 26.8 Å². The van der Waals surface area contributed by atoms with E-state index >= 15 is 0 Å². The number of anilines is 2. The summed E-state index contributed by atoms with van der Waals surface area (Å²) in [7, 11) is 0. The van der Waals surface area contributed by atoms with Crippen molar-refractivity contribution in [3.8, 4) is 0 Å². The zero-order chi connectivity index (χ0) is 19.4. The number of hydrogen-bond donors (Lipinski definition) is 1. The van der Waals surface area contributed by atoms with Crippen LogP contribution in [0.2, 0.25) is 0 Å². The molecule has 2 heterocycles. The molecule has 0 aliphatic carbocycles. The normalized spacial score (nSPS) is 14.9. The van der Waals surface area contributed by atoms with Gasteiger partial charge in [-0.3, -0.25) is 9.59 Å². The molecule has 3 rings (SSSR count). The van der Waals surface area contributed by atoms with E-state index in [9.17, 15) is 9.59 Å². The molecule has 0 radical (unpaired) electrons. The van der Waals surface area contributed by atoms with Crippen LogP contribution in [0.15, 0.2) is 41.8 Å². The molecule has 1 N–H and O–H groups in total. The molecule has 6 heteroatoms. The van der Waals surface area contributed by atoms with Gasteiger partial charge >= 0.3 is 0 Å². The first-order chi connectivity index (χ1) is 12.8.